The maximum Gasteiger partial charge on any atom is 0.161 e. The van der Waals surface area contributed by atoms with Gasteiger partial charge in [-0.05, 0) is 36.6 Å². The monoisotopic (exact) mass is 236 g/mol. The topological polar surface area (TPSA) is 38.7 Å². The van der Waals surface area contributed by atoms with E-state index >= 15 is 0 Å². The average molecular weight is 236 g/mol. The SMILES string of the molecule is C=C(CC)COc1ccc(C(C)O)cc1OC. The fraction of sp³-hybridized carbons (Fsp3) is 0.429. The maximum atomic E-state index is 9.48. The van der Waals surface area contributed by atoms with Crippen LogP contribution in [0.3, 0.4) is 0 Å². The molecular weight excluding hydrogens is 216 g/mol. The number of ether oxygens (including phenoxy) is 2. The van der Waals surface area contributed by atoms with Gasteiger partial charge in [0.1, 0.15) is 6.61 Å². The molecule has 1 unspecified atom stereocenters. The Hall–Kier alpha value is -1.48. The lowest BCUT2D eigenvalue weighted by atomic mass is 10.1. The van der Waals surface area contributed by atoms with Crippen LogP contribution >= 0.6 is 0 Å². The minimum Gasteiger partial charge on any atom is -0.493 e. The molecule has 0 aromatic heterocycles. The molecule has 0 saturated carbocycles. The molecule has 0 spiro atoms. The molecule has 0 radical (unpaired) electrons. The molecule has 1 aromatic carbocycles. The van der Waals surface area contributed by atoms with E-state index in [0.29, 0.717) is 18.1 Å². The maximum absolute atomic E-state index is 9.48. The zero-order valence-electron chi connectivity index (χ0n) is 10.7. The summed E-state index contributed by atoms with van der Waals surface area (Å²) in [5.74, 6) is 1.30. The largest absolute Gasteiger partial charge is 0.493 e. The standard InChI is InChI=1S/C14H20O3/c1-5-10(2)9-17-13-7-6-12(11(3)15)8-14(13)16-4/h6-8,11,15H,2,5,9H2,1,3-4H3. The van der Waals surface area contributed by atoms with Gasteiger partial charge in [0.25, 0.3) is 0 Å². The molecule has 0 aliphatic rings. The van der Waals surface area contributed by atoms with Crippen LogP contribution < -0.4 is 9.47 Å². The molecule has 3 heteroatoms. The van der Waals surface area contributed by atoms with Gasteiger partial charge in [-0.25, -0.2) is 0 Å². The fourth-order valence-electron chi connectivity index (χ4n) is 1.35. The highest BCUT2D eigenvalue weighted by Gasteiger charge is 2.08. The van der Waals surface area contributed by atoms with E-state index in [1.54, 1.807) is 20.1 Å². The number of aliphatic hydroxyl groups excluding tert-OH is 1. The summed E-state index contributed by atoms with van der Waals surface area (Å²) in [5.41, 5.74) is 1.84. The summed E-state index contributed by atoms with van der Waals surface area (Å²) in [6.45, 7) is 8.13. The third kappa shape index (κ3) is 3.79. The van der Waals surface area contributed by atoms with Gasteiger partial charge in [0.2, 0.25) is 0 Å². The van der Waals surface area contributed by atoms with Crippen LogP contribution in [0.4, 0.5) is 0 Å². The van der Waals surface area contributed by atoms with Crippen LogP contribution in [0, 0.1) is 0 Å². The number of aliphatic hydroxyl groups is 1. The first-order valence-corrected chi connectivity index (χ1v) is 5.74. The number of hydrogen-bond acceptors (Lipinski definition) is 3. The van der Waals surface area contributed by atoms with Gasteiger partial charge in [0.05, 0.1) is 13.2 Å². The van der Waals surface area contributed by atoms with Gasteiger partial charge in [-0.1, -0.05) is 19.6 Å². The third-order valence-corrected chi connectivity index (χ3v) is 2.60. The van der Waals surface area contributed by atoms with Crippen molar-refractivity contribution in [2.75, 3.05) is 13.7 Å². The van der Waals surface area contributed by atoms with E-state index in [1.807, 2.05) is 19.1 Å². The van der Waals surface area contributed by atoms with Crippen LogP contribution in [0.15, 0.2) is 30.4 Å². The molecule has 17 heavy (non-hydrogen) atoms. The predicted molar refractivity (Wildman–Crippen MR) is 68.6 cm³/mol. The first-order valence-electron chi connectivity index (χ1n) is 5.74. The second-order valence-corrected chi connectivity index (χ2v) is 3.98. The van der Waals surface area contributed by atoms with Gasteiger partial charge >= 0.3 is 0 Å². The molecule has 1 rings (SSSR count). The molecule has 0 aliphatic carbocycles. The van der Waals surface area contributed by atoms with E-state index < -0.39 is 6.10 Å². The van der Waals surface area contributed by atoms with Crippen molar-refractivity contribution in [3.8, 4) is 11.5 Å². The van der Waals surface area contributed by atoms with E-state index in [9.17, 15) is 5.11 Å². The fourth-order valence-corrected chi connectivity index (χ4v) is 1.35. The first kappa shape index (κ1) is 13.6. The molecule has 1 N–H and O–H groups in total. The van der Waals surface area contributed by atoms with Crippen LogP contribution in [0.2, 0.25) is 0 Å². The molecule has 0 bridgehead atoms. The summed E-state index contributed by atoms with van der Waals surface area (Å²) < 4.78 is 10.8. The Kier molecular flexibility index (Phi) is 5.04. The van der Waals surface area contributed by atoms with Gasteiger partial charge in [0, 0.05) is 0 Å². The van der Waals surface area contributed by atoms with Crippen LogP contribution in [-0.2, 0) is 0 Å². The lowest BCUT2D eigenvalue weighted by molar-refractivity contribution is 0.198. The second kappa shape index (κ2) is 6.30. The Morgan fingerprint density at radius 3 is 2.65 bits per heavy atom. The molecule has 0 aliphatic heterocycles. The summed E-state index contributed by atoms with van der Waals surface area (Å²) in [7, 11) is 1.59. The number of hydrogen-bond donors (Lipinski definition) is 1. The van der Waals surface area contributed by atoms with E-state index in [0.717, 1.165) is 17.6 Å². The van der Waals surface area contributed by atoms with Crippen molar-refractivity contribution in [2.45, 2.75) is 26.4 Å². The number of benzene rings is 1. The Morgan fingerprint density at radius 1 is 1.41 bits per heavy atom. The van der Waals surface area contributed by atoms with Crippen LogP contribution in [0.5, 0.6) is 11.5 Å². The molecular formula is C14H20O3. The van der Waals surface area contributed by atoms with Crippen molar-refractivity contribution >= 4 is 0 Å². The van der Waals surface area contributed by atoms with Crippen molar-refractivity contribution in [1.82, 2.24) is 0 Å². The van der Waals surface area contributed by atoms with Crippen molar-refractivity contribution in [1.29, 1.82) is 0 Å². The highest BCUT2D eigenvalue weighted by atomic mass is 16.5. The first-order chi connectivity index (χ1) is 8.08. The lowest BCUT2D eigenvalue weighted by Gasteiger charge is -2.13. The summed E-state index contributed by atoms with van der Waals surface area (Å²) in [6, 6.07) is 5.43. The van der Waals surface area contributed by atoms with E-state index in [4.69, 9.17) is 9.47 Å². The highest BCUT2D eigenvalue weighted by molar-refractivity contribution is 5.43. The Morgan fingerprint density at radius 2 is 2.12 bits per heavy atom. The van der Waals surface area contributed by atoms with Gasteiger partial charge in [-0.2, -0.15) is 0 Å². The summed E-state index contributed by atoms with van der Waals surface area (Å²) in [6.07, 6.45) is 0.386. The number of rotatable bonds is 6. The van der Waals surface area contributed by atoms with Crippen molar-refractivity contribution in [3.63, 3.8) is 0 Å². The van der Waals surface area contributed by atoms with E-state index in [2.05, 4.69) is 6.58 Å². The molecule has 0 saturated heterocycles. The van der Waals surface area contributed by atoms with Crippen LogP contribution in [0.25, 0.3) is 0 Å². The van der Waals surface area contributed by atoms with E-state index in [1.165, 1.54) is 0 Å². The molecule has 0 fully saturated rings. The smallest absolute Gasteiger partial charge is 0.161 e. The van der Waals surface area contributed by atoms with Gasteiger partial charge < -0.3 is 14.6 Å². The average Bonchev–Trinajstić information content (AvgIpc) is 2.35. The quantitative estimate of drug-likeness (QED) is 0.771. The Balaban J connectivity index is 2.81. The van der Waals surface area contributed by atoms with Crippen LogP contribution in [-0.4, -0.2) is 18.8 Å². The molecule has 1 aromatic rings. The highest BCUT2D eigenvalue weighted by Crippen LogP contribution is 2.30. The minimum atomic E-state index is -0.511. The third-order valence-electron chi connectivity index (χ3n) is 2.60. The zero-order chi connectivity index (χ0) is 12.8. The molecule has 1 atom stereocenters. The molecule has 94 valence electrons. The zero-order valence-corrected chi connectivity index (χ0v) is 10.7. The van der Waals surface area contributed by atoms with Crippen molar-refractivity contribution < 1.29 is 14.6 Å². The predicted octanol–water partition coefficient (Wildman–Crippen LogP) is 3.09. The second-order valence-electron chi connectivity index (χ2n) is 3.98. The van der Waals surface area contributed by atoms with Crippen molar-refractivity contribution in [3.05, 3.63) is 35.9 Å². The van der Waals surface area contributed by atoms with Gasteiger partial charge in [-0.3, -0.25) is 0 Å². The van der Waals surface area contributed by atoms with Gasteiger partial charge in [-0.15, -0.1) is 0 Å². The summed E-state index contributed by atoms with van der Waals surface area (Å²) in [5, 5.41) is 9.48. The summed E-state index contributed by atoms with van der Waals surface area (Å²) in [4.78, 5) is 0. The Bertz CT molecular complexity index is 383. The van der Waals surface area contributed by atoms with Crippen LogP contribution in [0.1, 0.15) is 31.9 Å². The molecule has 0 amide bonds. The van der Waals surface area contributed by atoms with Crippen molar-refractivity contribution in [2.24, 2.45) is 0 Å². The molecule has 3 nitrogen and oxygen atoms in total. The van der Waals surface area contributed by atoms with Gasteiger partial charge in [0.15, 0.2) is 11.5 Å². The summed E-state index contributed by atoms with van der Waals surface area (Å²) >= 11 is 0. The van der Waals surface area contributed by atoms with E-state index in [-0.39, 0.29) is 0 Å². The lowest BCUT2D eigenvalue weighted by Crippen LogP contribution is -2.02. The number of methoxy groups -OCH3 is 1. The minimum absolute atomic E-state index is 0.487. The molecule has 0 heterocycles. The Labute approximate surface area is 103 Å². The normalized spacial score (nSPS) is 12.0.